The molecule has 0 radical (unpaired) electrons. The number of carbonyl (C=O) groups excluding carboxylic acids is 2. The van der Waals surface area contributed by atoms with E-state index in [-0.39, 0.29) is 30.8 Å². The van der Waals surface area contributed by atoms with Gasteiger partial charge in [-0.15, -0.1) is 0 Å². The molecule has 0 saturated carbocycles. The Morgan fingerprint density at radius 2 is 1.62 bits per heavy atom. The second kappa shape index (κ2) is 14.6. The number of sulfonamides is 1. The highest BCUT2D eigenvalue weighted by molar-refractivity contribution is 7.92. The largest absolute Gasteiger partial charge is 0.492 e. The molecule has 204 valence electrons. The summed E-state index contributed by atoms with van der Waals surface area (Å²) in [6.45, 7) is 8.43. The van der Waals surface area contributed by atoms with Gasteiger partial charge in [0.05, 0.1) is 18.6 Å². The molecule has 0 saturated heterocycles. The van der Waals surface area contributed by atoms with Crippen LogP contribution in [0.25, 0.3) is 0 Å². The molecule has 8 nitrogen and oxygen atoms in total. The third kappa shape index (κ3) is 9.39. The zero-order valence-electron chi connectivity index (χ0n) is 22.6. The predicted octanol–water partition coefficient (Wildman–Crippen LogP) is 4.01. The van der Waals surface area contributed by atoms with Gasteiger partial charge in [0.15, 0.2) is 0 Å². The highest BCUT2D eigenvalue weighted by Gasteiger charge is 2.29. The lowest BCUT2D eigenvalue weighted by Crippen LogP contribution is -2.51. The molecule has 0 aliphatic carbocycles. The topological polar surface area (TPSA) is 96.0 Å². The van der Waals surface area contributed by atoms with E-state index in [0.29, 0.717) is 43.9 Å². The molecular weight excluding hydrogens is 490 g/mol. The molecule has 2 aromatic carbocycles. The Kier molecular flexibility index (Phi) is 11.9. The van der Waals surface area contributed by atoms with Crippen molar-refractivity contribution in [2.45, 2.75) is 65.5 Å². The molecule has 37 heavy (non-hydrogen) atoms. The lowest BCUT2D eigenvalue weighted by Gasteiger charge is -2.31. The lowest BCUT2D eigenvalue weighted by molar-refractivity contribution is -0.141. The Balaban J connectivity index is 2.19. The van der Waals surface area contributed by atoms with Gasteiger partial charge in [0, 0.05) is 25.6 Å². The number of hydrogen-bond acceptors (Lipinski definition) is 5. The Labute approximate surface area is 222 Å². The van der Waals surface area contributed by atoms with E-state index in [0.717, 1.165) is 11.8 Å². The third-order valence-electron chi connectivity index (χ3n) is 5.89. The first kappa shape index (κ1) is 30.2. The molecular formula is C28H41N3O5S. The summed E-state index contributed by atoms with van der Waals surface area (Å²) in [6.07, 6.45) is 2.66. The minimum absolute atomic E-state index is 0.0404. The number of amides is 2. The van der Waals surface area contributed by atoms with Crippen molar-refractivity contribution in [1.29, 1.82) is 0 Å². The van der Waals surface area contributed by atoms with Gasteiger partial charge in [0.1, 0.15) is 11.8 Å². The summed E-state index contributed by atoms with van der Waals surface area (Å²) < 4.78 is 32.2. The summed E-state index contributed by atoms with van der Waals surface area (Å²) in [4.78, 5) is 28.0. The molecule has 2 aromatic rings. The average Bonchev–Trinajstić information content (AvgIpc) is 2.84. The maximum absolute atomic E-state index is 13.4. The van der Waals surface area contributed by atoms with Crippen LogP contribution < -0.4 is 14.4 Å². The normalized spacial score (nSPS) is 12.2. The second-order valence-electron chi connectivity index (χ2n) is 9.25. The van der Waals surface area contributed by atoms with Crippen LogP contribution in [0.5, 0.6) is 5.75 Å². The highest BCUT2D eigenvalue weighted by atomic mass is 32.2. The van der Waals surface area contributed by atoms with Gasteiger partial charge in [-0.1, -0.05) is 49.4 Å². The Morgan fingerprint density at radius 3 is 2.22 bits per heavy atom. The third-order valence-corrected chi connectivity index (χ3v) is 7.07. The SMILES string of the molecule is CCOc1ccccc1N(CCCC(=O)N(CCc1ccccc1)C(CC)C(=O)NC(C)C)S(C)(=O)=O. The first-order valence-corrected chi connectivity index (χ1v) is 14.8. The number of ether oxygens (including phenoxy) is 1. The molecule has 9 heteroatoms. The van der Waals surface area contributed by atoms with Crippen LogP contribution in [0.4, 0.5) is 5.69 Å². The van der Waals surface area contributed by atoms with Gasteiger partial charge in [-0.05, 0) is 57.7 Å². The lowest BCUT2D eigenvalue weighted by atomic mass is 10.1. The number of para-hydroxylation sites is 2. The number of benzene rings is 2. The molecule has 0 aromatic heterocycles. The number of carbonyl (C=O) groups is 2. The van der Waals surface area contributed by atoms with E-state index < -0.39 is 16.1 Å². The molecule has 0 bridgehead atoms. The number of anilines is 1. The van der Waals surface area contributed by atoms with Crippen molar-refractivity contribution in [3.63, 3.8) is 0 Å². The molecule has 1 N–H and O–H groups in total. The predicted molar refractivity (Wildman–Crippen MR) is 148 cm³/mol. The van der Waals surface area contributed by atoms with E-state index in [1.54, 1.807) is 29.2 Å². The van der Waals surface area contributed by atoms with Crippen LogP contribution in [0, 0.1) is 0 Å². The Morgan fingerprint density at radius 1 is 0.973 bits per heavy atom. The molecule has 0 heterocycles. The first-order valence-electron chi connectivity index (χ1n) is 12.9. The monoisotopic (exact) mass is 531 g/mol. The Bertz CT molecular complexity index is 1110. The van der Waals surface area contributed by atoms with E-state index in [4.69, 9.17) is 4.74 Å². The maximum Gasteiger partial charge on any atom is 0.242 e. The number of nitrogens with zero attached hydrogens (tertiary/aromatic N) is 2. The summed E-state index contributed by atoms with van der Waals surface area (Å²) in [5.74, 6) is 0.123. The van der Waals surface area contributed by atoms with Gasteiger partial charge in [-0.3, -0.25) is 13.9 Å². The van der Waals surface area contributed by atoms with Crippen molar-refractivity contribution in [2.75, 3.05) is 30.3 Å². The molecule has 0 fully saturated rings. The number of hydrogen-bond donors (Lipinski definition) is 1. The van der Waals surface area contributed by atoms with Crippen molar-refractivity contribution in [1.82, 2.24) is 10.2 Å². The number of rotatable bonds is 15. The van der Waals surface area contributed by atoms with Crippen LogP contribution >= 0.6 is 0 Å². The van der Waals surface area contributed by atoms with E-state index in [9.17, 15) is 18.0 Å². The van der Waals surface area contributed by atoms with Gasteiger partial charge in [-0.2, -0.15) is 0 Å². The smallest absolute Gasteiger partial charge is 0.242 e. The summed E-state index contributed by atoms with van der Waals surface area (Å²) in [7, 11) is -3.61. The van der Waals surface area contributed by atoms with E-state index >= 15 is 0 Å². The minimum Gasteiger partial charge on any atom is -0.492 e. The van der Waals surface area contributed by atoms with Gasteiger partial charge in [0.2, 0.25) is 21.8 Å². The first-order chi connectivity index (χ1) is 17.6. The fourth-order valence-electron chi connectivity index (χ4n) is 4.20. The summed E-state index contributed by atoms with van der Waals surface area (Å²) in [6, 6.07) is 16.2. The summed E-state index contributed by atoms with van der Waals surface area (Å²) in [5, 5.41) is 2.93. The average molecular weight is 532 g/mol. The van der Waals surface area contributed by atoms with E-state index in [2.05, 4.69) is 5.32 Å². The second-order valence-corrected chi connectivity index (χ2v) is 11.2. The minimum atomic E-state index is -3.61. The highest BCUT2D eigenvalue weighted by Crippen LogP contribution is 2.30. The van der Waals surface area contributed by atoms with Crippen molar-refractivity contribution in [2.24, 2.45) is 0 Å². The number of nitrogens with one attached hydrogen (secondary N) is 1. The van der Waals surface area contributed by atoms with Crippen LogP contribution in [-0.4, -0.2) is 63.2 Å². The van der Waals surface area contributed by atoms with Crippen molar-refractivity contribution < 1.29 is 22.7 Å². The zero-order chi connectivity index (χ0) is 27.4. The molecule has 0 aliphatic heterocycles. The zero-order valence-corrected chi connectivity index (χ0v) is 23.5. The van der Waals surface area contributed by atoms with E-state index in [1.165, 1.54) is 4.31 Å². The summed E-state index contributed by atoms with van der Waals surface area (Å²) in [5.41, 5.74) is 1.53. The van der Waals surface area contributed by atoms with Crippen LogP contribution in [0.3, 0.4) is 0 Å². The van der Waals surface area contributed by atoms with Crippen LogP contribution in [-0.2, 0) is 26.0 Å². The van der Waals surface area contributed by atoms with E-state index in [1.807, 2.05) is 58.0 Å². The van der Waals surface area contributed by atoms with Crippen molar-refractivity contribution >= 4 is 27.5 Å². The van der Waals surface area contributed by atoms with Gasteiger partial charge < -0.3 is 15.0 Å². The molecule has 2 rings (SSSR count). The van der Waals surface area contributed by atoms with Gasteiger partial charge >= 0.3 is 0 Å². The fraction of sp³-hybridized carbons (Fsp3) is 0.500. The van der Waals surface area contributed by atoms with Crippen molar-refractivity contribution in [3.05, 3.63) is 60.2 Å². The molecule has 1 unspecified atom stereocenters. The van der Waals surface area contributed by atoms with Crippen molar-refractivity contribution in [3.8, 4) is 5.75 Å². The molecule has 0 aliphatic rings. The van der Waals surface area contributed by atoms with Gasteiger partial charge in [-0.25, -0.2) is 8.42 Å². The van der Waals surface area contributed by atoms with Crippen LogP contribution in [0.15, 0.2) is 54.6 Å². The standard InChI is InChI=1S/C28H41N3O5S/c1-6-24(28(33)29-22(3)4)30(21-19-23-14-9-8-10-15-23)27(32)18-13-20-31(37(5,34)35)25-16-11-12-17-26(25)36-7-2/h8-12,14-17,22,24H,6-7,13,18-21H2,1-5H3,(H,29,33). The Hall–Kier alpha value is -3.07. The molecule has 2 amide bonds. The van der Waals surface area contributed by atoms with Gasteiger partial charge in [0.25, 0.3) is 0 Å². The van der Waals surface area contributed by atoms with Crippen LogP contribution in [0.1, 0.15) is 52.5 Å². The molecule has 0 spiro atoms. The molecule has 1 atom stereocenters. The summed E-state index contributed by atoms with van der Waals surface area (Å²) >= 11 is 0. The maximum atomic E-state index is 13.4. The fourth-order valence-corrected chi connectivity index (χ4v) is 5.17. The quantitative estimate of drug-likeness (QED) is 0.375. The van der Waals surface area contributed by atoms with Crippen LogP contribution in [0.2, 0.25) is 0 Å².